The van der Waals surface area contributed by atoms with Crippen LogP contribution in [0.5, 0.6) is 5.75 Å². The highest BCUT2D eigenvalue weighted by atomic mass is 16.5. The number of hydrogen-bond donors (Lipinski definition) is 2. The third-order valence-corrected chi connectivity index (χ3v) is 3.52. The average Bonchev–Trinajstić information content (AvgIpc) is 2.68. The molecule has 0 saturated carbocycles. The highest BCUT2D eigenvalue weighted by Crippen LogP contribution is 2.14. The topological polar surface area (TPSA) is 62.7 Å². The Morgan fingerprint density at radius 2 is 1.65 bits per heavy atom. The van der Waals surface area contributed by atoms with E-state index in [4.69, 9.17) is 4.74 Å². The minimum atomic E-state index is -0.399. The van der Waals surface area contributed by atoms with Crippen molar-refractivity contribution in [2.45, 2.75) is 6.61 Å². The number of urea groups is 1. The fourth-order valence-corrected chi connectivity index (χ4v) is 2.27. The molecular formula is C21H19N3O2. The molecule has 130 valence electrons. The van der Waals surface area contributed by atoms with E-state index in [1.165, 1.54) is 0 Å². The largest absolute Gasteiger partial charge is 0.489 e. The van der Waals surface area contributed by atoms with Crippen LogP contribution in [0.3, 0.4) is 0 Å². The number of rotatable bonds is 6. The summed E-state index contributed by atoms with van der Waals surface area (Å²) in [5.74, 6) is 0.742. The van der Waals surface area contributed by atoms with Crippen molar-refractivity contribution in [3.05, 3.63) is 96.1 Å². The molecule has 0 radical (unpaired) electrons. The fourth-order valence-electron chi connectivity index (χ4n) is 2.27. The normalized spacial score (nSPS) is 10.5. The van der Waals surface area contributed by atoms with Crippen LogP contribution in [0.2, 0.25) is 0 Å². The molecule has 3 rings (SSSR count). The van der Waals surface area contributed by atoms with Crippen molar-refractivity contribution in [1.82, 2.24) is 5.43 Å². The Labute approximate surface area is 152 Å². The molecule has 0 aliphatic rings. The molecule has 5 heteroatoms. The maximum absolute atomic E-state index is 11.8. The third-order valence-electron chi connectivity index (χ3n) is 3.52. The summed E-state index contributed by atoms with van der Waals surface area (Å²) in [6, 6.07) is 26.3. The third kappa shape index (κ3) is 5.49. The van der Waals surface area contributed by atoms with Gasteiger partial charge < -0.3 is 10.1 Å². The molecule has 2 N–H and O–H groups in total. The van der Waals surface area contributed by atoms with Crippen LogP contribution in [0, 0.1) is 0 Å². The zero-order valence-corrected chi connectivity index (χ0v) is 14.1. The maximum atomic E-state index is 11.8. The Hall–Kier alpha value is -3.60. The SMILES string of the molecule is O=C(NN=Cc1cccc(OCc2ccccc2)c1)Nc1ccccc1. The van der Waals surface area contributed by atoms with Crippen LogP contribution in [-0.2, 0) is 6.61 Å². The number of para-hydroxylation sites is 1. The van der Waals surface area contributed by atoms with Gasteiger partial charge in [0.15, 0.2) is 0 Å². The number of amides is 2. The van der Waals surface area contributed by atoms with E-state index in [-0.39, 0.29) is 0 Å². The molecule has 0 aliphatic heterocycles. The van der Waals surface area contributed by atoms with Gasteiger partial charge >= 0.3 is 6.03 Å². The van der Waals surface area contributed by atoms with Crippen LogP contribution in [0.1, 0.15) is 11.1 Å². The smallest absolute Gasteiger partial charge is 0.339 e. The van der Waals surface area contributed by atoms with Crippen LogP contribution in [-0.4, -0.2) is 12.2 Å². The van der Waals surface area contributed by atoms with E-state index >= 15 is 0 Å². The molecule has 5 nitrogen and oxygen atoms in total. The Bertz CT molecular complexity index is 865. The molecular weight excluding hydrogens is 326 g/mol. The fraction of sp³-hybridized carbons (Fsp3) is 0.0476. The van der Waals surface area contributed by atoms with Gasteiger partial charge in [0.1, 0.15) is 12.4 Å². The molecule has 0 spiro atoms. The van der Waals surface area contributed by atoms with Crippen molar-refractivity contribution in [2.24, 2.45) is 5.10 Å². The number of nitrogens with one attached hydrogen (secondary N) is 2. The van der Waals surface area contributed by atoms with Gasteiger partial charge in [-0.2, -0.15) is 5.10 Å². The highest BCUT2D eigenvalue weighted by molar-refractivity contribution is 5.90. The summed E-state index contributed by atoms with van der Waals surface area (Å²) in [6.07, 6.45) is 1.57. The van der Waals surface area contributed by atoms with Crippen molar-refractivity contribution in [3.8, 4) is 5.75 Å². The lowest BCUT2D eigenvalue weighted by Gasteiger charge is -2.07. The van der Waals surface area contributed by atoms with Gasteiger partial charge in [0.2, 0.25) is 0 Å². The molecule has 0 saturated heterocycles. The molecule has 3 aromatic carbocycles. The summed E-state index contributed by atoms with van der Waals surface area (Å²) >= 11 is 0. The molecule has 0 unspecified atom stereocenters. The minimum Gasteiger partial charge on any atom is -0.489 e. The monoisotopic (exact) mass is 345 g/mol. The number of benzene rings is 3. The second kappa shape index (κ2) is 9.03. The van der Waals surface area contributed by atoms with E-state index in [0.717, 1.165) is 16.9 Å². The van der Waals surface area contributed by atoms with E-state index < -0.39 is 6.03 Å². The van der Waals surface area contributed by atoms with Crippen LogP contribution >= 0.6 is 0 Å². The minimum absolute atomic E-state index is 0.399. The predicted octanol–water partition coefficient (Wildman–Crippen LogP) is 4.42. The summed E-state index contributed by atoms with van der Waals surface area (Å²) in [5, 5.41) is 6.64. The molecule has 0 aromatic heterocycles. The summed E-state index contributed by atoms with van der Waals surface area (Å²) < 4.78 is 5.78. The van der Waals surface area contributed by atoms with Gasteiger partial charge in [-0.3, -0.25) is 0 Å². The van der Waals surface area contributed by atoms with Gasteiger partial charge in [-0.1, -0.05) is 60.7 Å². The van der Waals surface area contributed by atoms with Gasteiger partial charge in [-0.15, -0.1) is 0 Å². The molecule has 26 heavy (non-hydrogen) atoms. The van der Waals surface area contributed by atoms with E-state index in [1.807, 2.05) is 72.8 Å². The van der Waals surface area contributed by atoms with Gasteiger partial charge in [0.25, 0.3) is 0 Å². The summed E-state index contributed by atoms with van der Waals surface area (Å²) in [4.78, 5) is 11.8. The number of ether oxygens (including phenoxy) is 1. The van der Waals surface area contributed by atoms with Crippen molar-refractivity contribution >= 4 is 17.9 Å². The van der Waals surface area contributed by atoms with E-state index in [0.29, 0.717) is 12.3 Å². The Morgan fingerprint density at radius 3 is 2.42 bits per heavy atom. The van der Waals surface area contributed by atoms with Crippen LogP contribution in [0.4, 0.5) is 10.5 Å². The number of carbonyl (C=O) groups excluding carboxylic acids is 1. The van der Waals surface area contributed by atoms with Crippen molar-refractivity contribution in [3.63, 3.8) is 0 Å². The molecule has 0 fully saturated rings. The first-order chi connectivity index (χ1) is 12.8. The van der Waals surface area contributed by atoms with E-state index in [1.54, 1.807) is 18.3 Å². The van der Waals surface area contributed by atoms with E-state index in [2.05, 4.69) is 15.8 Å². The Kier molecular flexibility index (Phi) is 5.99. The van der Waals surface area contributed by atoms with E-state index in [9.17, 15) is 4.79 Å². The summed E-state index contributed by atoms with van der Waals surface area (Å²) in [6.45, 7) is 0.499. The molecule has 0 atom stereocenters. The summed E-state index contributed by atoms with van der Waals surface area (Å²) in [5.41, 5.74) is 5.07. The first-order valence-electron chi connectivity index (χ1n) is 8.21. The van der Waals surface area contributed by atoms with Crippen LogP contribution in [0.15, 0.2) is 90.0 Å². The summed E-state index contributed by atoms with van der Waals surface area (Å²) in [7, 11) is 0. The lowest BCUT2D eigenvalue weighted by atomic mass is 10.2. The van der Waals surface area contributed by atoms with Crippen molar-refractivity contribution < 1.29 is 9.53 Å². The predicted molar refractivity (Wildman–Crippen MR) is 103 cm³/mol. The van der Waals surface area contributed by atoms with Crippen molar-refractivity contribution in [1.29, 1.82) is 0 Å². The average molecular weight is 345 g/mol. The van der Waals surface area contributed by atoms with Gasteiger partial charge in [0.05, 0.1) is 6.21 Å². The number of anilines is 1. The van der Waals surface area contributed by atoms with Crippen LogP contribution < -0.4 is 15.5 Å². The molecule has 2 amide bonds. The number of hydrazone groups is 1. The first-order valence-corrected chi connectivity index (χ1v) is 8.21. The second-order valence-electron chi connectivity index (χ2n) is 5.54. The number of carbonyl (C=O) groups is 1. The zero-order chi connectivity index (χ0) is 18.0. The lowest BCUT2D eigenvalue weighted by Crippen LogP contribution is -2.24. The van der Waals surface area contributed by atoms with Crippen molar-refractivity contribution in [2.75, 3.05) is 5.32 Å². The van der Waals surface area contributed by atoms with Crippen LogP contribution in [0.25, 0.3) is 0 Å². The number of hydrogen-bond acceptors (Lipinski definition) is 3. The zero-order valence-electron chi connectivity index (χ0n) is 14.1. The Morgan fingerprint density at radius 1 is 0.923 bits per heavy atom. The van der Waals surface area contributed by atoms with Gasteiger partial charge in [-0.25, -0.2) is 10.2 Å². The first kappa shape index (κ1) is 17.2. The van der Waals surface area contributed by atoms with Gasteiger partial charge in [-0.05, 0) is 35.4 Å². The molecule has 0 bridgehead atoms. The Balaban J connectivity index is 1.51. The quantitative estimate of drug-likeness (QED) is 0.513. The molecule has 3 aromatic rings. The standard InChI is InChI=1S/C21H19N3O2/c25-21(23-19-11-5-2-6-12-19)24-22-15-18-10-7-13-20(14-18)26-16-17-8-3-1-4-9-17/h1-15H,16H2,(H2,23,24,25). The highest BCUT2D eigenvalue weighted by Gasteiger charge is 1.99. The molecule has 0 heterocycles. The number of nitrogens with zero attached hydrogens (tertiary/aromatic N) is 1. The maximum Gasteiger partial charge on any atom is 0.339 e. The second-order valence-corrected chi connectivity index (χ2v) is 5.54. The lowest BCUT2D eigenvalue weighted by molar-refractivity contribution is 0.252. The molecule has 0 aliphatic carbocycles. The van der Waals surface area contributed by atoms with Gasteiger partial charge in [0, 0.05) is 5.69 Å².